The van der Waals surface area contributed by atoms with Crippen LogP contribution in [0.2, 0.25) is 0 Å². The molecule has 8 heterocycles. The Labute approximate surface area is 521 Å². The molecule has 0 atom stereocenters. The van der Waals surface area contributed by atoms with Crippen molar-refractivity contribution in [2.45, 2.75) is 153 Å². The van der Waals surface area contributed by atoms with Crippen molar-refractivity contribution in [1.82, 2.24) is 55.9 Å². The van der Waals surface area contributed by atoms with Gasteiger partial charge in [-0.15, -0.1) is 12.4 Å². The molecule has 0 saturated carbocycles. The van der Waals surface area contributed by atoms with Gasteiger partial charge in [-0.1, -0.05) is 54.6 Å². The van der Waals surface area contributed by atoms with Gasteiger partial charge in [-0.25, -0.2) is 4.79 Å². The number of halogens is 10. The number of aromatic amines is 3. The molecular formula is C63H75ClF9N11O6. The molecule has 3 aromatic heterocycles. The van der Waals surface area contributed by atoms with Gasteiger partial charge in [0.05, 0.1) is 40.8 Å². The molecule has 488 valence electrons. The average Bonchev–Trinajstić information content (AvgIpc) is 1.63. The molecule has 0 bridgehead atoms. The number of hydrogen-bond acceptors (Lipinski definition) is 11. The van der Waals surface area contributed by atoms with Gasteiger partial charge in [0.25, 0.3) is 11.8 Å². The number of benzene rings is 3. The highest BCUT2D eigenvalue weighted by Crippen LogP contribution is 2.42. The molecule has 1 aliphatic carbocycles. The normalized spacial score (nSPS) is 17.3. The summed E-state index contributed by atoms with van der Waals surface area (Å²) < 4.78 is 124. The molecule has 6 aliphatic rings. The van der Waals surface area contributed by atoms with Gasteiger partial charge >= 0.3 is 30.8 Å². The van der Waals surface area contributed by atoms with Crippen LogP contribution >= 0.6 is 12.4 Å². The molecule has 6 aromatic rings. The fraction of sp³-hybridized carbons (Fsp3) is 0.508. The number of H-pyrrole nitrogens is 3. The third-order valence-electron chi connectivity index (χ3n) is 16.7. The summed E-state index contributed by atoms with van der Waals surface area (Å²) >= 11 is 0. The maximum absolute atomic E-state index is 13.4. The van der Waals surface area contributed by atoms with Crippen molar-refractivity contribution in [3.05, 3.63) is 158 Å². The second-order valence-electron chi connectivity index (χ2n) is 23.7. The van der Waals surface area contributed by atoms with Crippen LogP contribution < -0.4 is 10.6 Å². The third kappa shape index (κ3) is 18.1. The van der Waals surface area contributed by atoms with Crippen molar-refractivity contribution < 1.29 is 68.2 Å². The molecule has 3 amide bonds. The van der Waals surface area contributed by atoms with Crippen LogP contribution in [0.15, 0.2) is 79.0 Å². The van der Waals surface area contributed by atoms with Gasteiger partial charge in [0.2, 0.25) is 0 Å². The van der Waals surface area contributed by atoms with Gasteiger partial charge in [-0.2, -0.15) is 64.4 Å². The SMILES string of the molecule is CC(C)(C)OC(=O)N1CCc2c(C(=O)N3CCC(c4ccccc4C(F)(F)F)CC3)n[nH]c2C1.Cl.FC(F)(F)c1ccccc1C1CCNCC1.O=C(c1n[nH]c2c1CCNC2)N1CCC(c2ccccc2C(F)(F)F)CC1.O=C=O.c1n[nH]c2c1CCCC2. The number of carbonyl (C=O) groups excluding carboxylic acids is 5. The lowest BCUT2D eigenvalue weighted by molar-refractivity contribution is -0.191. The van der Waals surface area contributed by atoms with Crippen LogP contribution in [0.1, 0.15) is 178 Å². The lowest BCUT2D eigenvalue weighted by Crippen LogP contribution is -2.41. The third-order valence-corrected chi connectivity index (χ3v) is 16.7. The molecule has 17 nitrogen and oxygen atoms in total. The molecule has 3 saturated heterocycles. The number of piperidine rings is 3. The number of hydrogen-bond donors (Lipinski definition) is 5. The monoisotopic (exact) mass is 1290 g/mol. The first-order valence-corrected chi connectivity index (χ1v) is 29.9. The number of alkyl halides is 9. The van der Waals surface area contributed by atoms with Gasteiger partial charge in [0.15, 0.2) is 11.4 Å². The fourth-order valence-electron chi connectivity index (χ4n) is 12.3. The summed E-state index contributed by atoms with van der Waals surface area (Å²) in [7, 11) is 0. The zero-order valence-electron chi connectivity index (χ0n) is 50.2. The van der Waals surface area contributed by atoms with E-state index in [-0.39, 0.29) is 54.7 Å². The number of aromatic nitrogens is 6. The van der Waals surface area contributed by atoms with E-state index in [1.165, 1.54) is 67.3 Å². The van der Waals surface area contributed by atoms with E-state index >= 15 is 0 Å². The lowest BCUT2D eigenvalue weighted by Gasteiger charge is -2.33. The Bertz CT molecular complexity index is 3350. The molecule has 3 fully saturated rings. The van der Waals surface area contributed by atoms with Crippen molar-refractivity contribution in [3.63, 3.8) is 0 Å². The van der Waals surface area contributed by atoms with Gasteiger partial charge in [-0.3, -0.25) is 24.9 Å². The summed E-state index contributed by atoms with van der Waals surface area (Å²) in [4.78, 5) is 59.6. The Kier molecular flexibility index (Phi) is 24.1. The van der Waals surface area contributed by atoms with Crippen molar-refractivity contribution in [1.29, 1.82) is 0 Å². The van der Waals surface area contributed by atoms with Gasteiger partial charge in [0.1, 0.15) is 5.60 Å². The second kappa shape index (κ2) is 31.0. The Hall–Kier alpha value is -7.54. The first kappa shape index (κ1) is 69.9. The summed E-state index contributed by atoms with van der Waals surface area (Å²) in [6.45, 7) is 10.8. The Balaban J connectivity index is 0.000000182. The van der Waals surface area contributed by atoms with E-state index in [2.05, 4.69) is 41.2 Å². The highest BCUT2D eigenvalue weighted by Gasteiger charge is 2.40. The first-order valence-electron chi connectivity index (χ1n) is 29.9. The van der Waals surface area contributed by atoms with E-state index in [0.29, 0.717) is 105 Å². The maximum Gasteiger partial charge on any atom is 0.416 e. The predicted molar refractivity (Wildman–Crippen MR) is 315 cm³/mol. The standard InChI is InChI=1S/C24H29F3N4O3.C19H21F3N4O.C12H14F3N.C7H10N2.CO2.ClH/c1-23(2,3)34-22(33)31-13-10-17-19(14-31)28-29-20(17)21(32)30-11-8-15(9-12-30)16-6-4-5-7-18(16)24(25,26)27;20-19(21,22)15-4-2-1-3-13(15)12-6-9-26(10-7-12)18(27)17-14-5-8-23-11-16(14)24-25-17;13-12(14,15)11-4-2-1-3-10(11)9-5-7-16-8-6-9;1-2-4-7-6(3-1)5-8-9-7;2-1-3;/h4-7,15H,8-14H2,1-3H3,(H,28,29);1-4,12,23H,5-11H2,(H,24,25);1-4,9,16H,5-8H2;5H,1-4H2,(H,8,9);;1H. The van der Waals surface area contributed by atoms with E-state index in [4.69, 9.17) is 14.3 Å². The minimum atomic E-state index is -4.40. The predicted octanol–water partition coefficient (Wildman–Crippen LogP) is 12.1. The molecule has 27 heteroatoms. The van der Waals surface area contributed by atoms with Crippen LogP contribution in [0.5, 0.6) is 0 Å². The smallest absolute Gasteiger partial charge is 0.416 e. The molecule has 0 radical (unpaired) electrons. The van der Waals surface area contributed by atoms with Gasteiger partial charge in [0, 0.05) is 56.1 Å². The van der Waals surface area contributed by atoms with Crippen molar-refractivity contribution in [3.8, 4) is 0 Å². The summed E-state index contributed by atoms with van der Waals surface area (Å²) in [5.41, 5.74) is 5.82. The van der Waals surface area contributed by atoms with E-state index < -0.39 is 46.9 Å². The summed E-state index contributed by atoms with van der Waals surface area (Å²) in [5, 5.41) is 27.6. The number of amides is 3. The topological polar surface area (TPSA) is 214 Å². The van der Waals surface area contributed by atoms with E-state index in [1.54, 1.807) is 65.8 Å². The summed E-state index contributed by atoms with van der Waals surface area (Å²) in [6, 6.07) is 17.4. The van der Waals surface area contributed by atoms with E-state index in [9.17, 15) is 53.9 Å². The molecule has 0 spiro atoms. The van der Waals surface area contributed by atoms with Crippen molar-refractivity contribution in [2.75, 3.05) is 52.4 Å². The van der Waals surface area contributed by atoms with Crippen LogP contribution in [-0.4, -0.2) is 127 Å². The minimum absolute atomic E-state index is 0. The maximum atomic E-state index is 13.4. The minimum Gasteiger partial charge on any atom is -0.444 e. The Morgan fingerprint density at radius 1 is 0.522 bits per heavy atom. The molecule has 3 aromatic carbocycles. The van der Waals surface area contributed by atoms with Crippen LogP contribution in [0, 0.1) is 0 Å². The number of carbonyl (C=O) groups is 3. The van der Waals surface area contributed by atoms with Crippen LogP contribution in [0.4, 0.5) is 44.3 Å². The highest BCUT2D eigenvalue weighted by atomic mass is 35.5. The summed E-state index contributed by atoms with van der Waals surface area (Å²) in [6.07, 6.45) is -1.35. The van der Waals surface area contributed by atoms with Crippen molar-refractivity contribution in [2.24, 2.45) is 0 Å². The lowest BCUT2D eigenvalue weighted by atomic mass is 9.86. The highest BCUT2D eigenvalue weighted by molar-refractivity contribution is 5.95. The van der Waals surface area contributed by atoms with Gasteiger partial charge in [-0.05, 0) is 176 Å². The molecule has 5 N–H and O–H groups in total. The van der Waals surface area contributed by atoms with Crippen LogP contribution in [-0.2, 0) is 71.6 Å². The largest absolute Gasteiger partial charge is 0.444 e. The molecule has 90 heavy (non-hydrogen) atoms. The Morgan fingerprint density at radius 2 is 0.956 bits per heavy atom. The quantitative estimate of drug-likeness (QED) is 0.102. The van der Waals surface area contributed by atoms with Crippen LogP contribution in [0.25, 0.3) is 0 Å². The zero-order valence-corrected chi connectivity index (χ0v) is 51.1. The molecule has 5 aliphatic heterocycles. The molecule has 12 rings (SSSR count). The number of ether oxygens (including phenoxy) is 1. The summed E-state index contributed by atoms with van der Waals surface area (Å²) in [5.74, 6) is -0.761. The number of aryl methyl sites for hydroxylation is 2. The van der Waals surface area contributed by atoms with Crippen LogP contribution in [0.3, 0.4) is 0 Å². The molecular weight excluding hydrogens is 1210 g/mol. The molecule has 0 unspecified atom stereocenters. The van der Waals surface area contributed by atoms with Crippen molar-refractivity contribution >= 4 is 36.5 Å². The van der Waals surface area contributed by atoms with E-state index in [1.807, 2.05) is 6.20 Å². The fourth-order valence-corrected chi connectivity index (χ4v) is 12.3. The number of likely N-dealkylation sites (tertiary alicyclic amines) is 2. The number of nitrogens with zero attached hydrogens (tertiary/aromatic N) is 6. The Morgan fingerprint density at radius 3 is 1.41 bits per heavy atom. The number of rotatable bonds is 5. The second-order valence-corrected chi connectivity index (χ2v) is 23.7. The number of nitrogens with one attached hydrogen (secondary N) is 5. The average molecular weight is 1290 g/mol. The zero-order chi connectivity index (χ0) is 64.1. The number of fused-ring (bicyclic) bond motifs is 3. The first-order chi connectivity index (χ1) is 42.4. The van der Waals surface area contributed by atoms with Gasteiger partial charge < -0.3 is 30.1 Å². The van der Waals surface area contributed by atoms with E-state index in [0.717, 1.165) is 67.9 Å².